The number of rotatable bonds is 1. The van der Waals surface area contributed by atoms with E-state index in [1.54, 1.807) is 0 Å². The molecule has 14 heavy (non-hydrogen) atoms. The van der Waals surface area contributed by atoms with E-state index in [0.29, 0.717) is 11.5 Å². The Labute approximate surface area is 82.2 Å². The topological polar surface area (TPSA) is 66.8 Å². The summed E-state index contributed by atoms with van der Waals surface area (Å²) in [5, 5.41) is 18.5. The third-order valence-electron chi connectivity index (χ3n) is 3.36. The van der Waals surface area contributed by atoms with E-state index >= 15 is 0 Å². The molecule has 2 rings (SSSR count). The molecule has 1 aliphatic carbocycles. The van der Waals surface area contributed by atoms with Gasteiger partial charge in [0.15, 0.2) is 6.29 Å². The van der Waals surface area contributed by atoms with Crippen molar-refractivity contribution < 1.29 is 19.7 Å². The second-order valence-corrected chi connectivity index (χ2v) is 4.14. The molecule has 1 aliphatic heterocycles. The summed E-state index contributed by atoms with van der Waals surface area (Å²) in [6.45, 7) is 2.03. The number of carboxylic acids is 1. The first kappa shape index (κ1) is 9.52. The summed E-state index contributed by atoms with van der Waals surface area (Å²) in [6, 6.07) is 0. The maximum absolute atomic E-state index is 10.9. The molecule has 1 saturated carbocycles. The number of hydrogen-bond donors (Lipinski definition) is 2. The van der Waals surface area contributed by atoms with Gasteiger partial charge in [-0.05, 0) is 18.8 Å². The van der Waals surface area contributed by atoms with Crippen LogP contribution in [-0.4, -0.2) is 22.5 Å². The SMILES string of the molecule is CC1CCC2C(C(=O)O)=COC(O)[C@H]12. The smallest absolute Gasteiger partial charge is 0.334 e. The predicted molar refractivity (Wildman–Crippen MR) is 48.2 cm³/mol. The van der Waals surface area contributed by atoms with Gasteiger partial charge in [0.25, 0.3) is 0 Å². The Morgan fingerprint density at radius 2 is 2.29 bits per heavy atom. The van der Waals surface area contributed by atoms with Gasteiger partial charge >= 0.3 is 5.97 Å². The van der Waals surface area contributed by atoms with E-state index in [4.69, 9.17) is 9.84 Å². The molecule has 4 heteroatoms. The number of aliphatic hydroxyl groups excluding tert-OH is 1. The Bertz CT molecular complexity index is 284. The lowest BCUT2D eigenvalue weighted by molar-refractivity contribution is -0.141. The number of carboxylic acid groups (broad SMARTS) is 1. The maximum Gasteiger partial charge on any atom is 0.334 e. The predicted octanol–water partition coefficient (Wildman–Crippen LogP) is 0.966. The zero-order valence-electron chi connectivity index (χ0n) is 8.01. The van der Waals surface area contributed by atoms with Gasteiger partial charge in [0, 0.05) is 11.8 Å². The molecule has 0 saturated heterocycles. The molecule has 0 spiro atoms. The van der Waals surface area contributed by atoms with Gasteiger partial charge in [-0.3, -0.25) is 0 Å². The molecular weight excluding hydrogens is 184 g/mol. The Morgan fingerprint density at radius 1 is 1.57 bits per heavy atom. The zero-order valence-corrected chi connectivity index (χ0v) is 8.01. The fourth-order valence-electron chi connectivity index (χ4n) is 2.60. The van der Waals surface area contributed by atoms with Crippen molar-refractivity contribution in [2.45, 2.75) is 26.1 Å². The average Bonchev–Trinajstić information content (AvgIpc) is 2.49. The van der Waals surface area contributed by atoms with Crippen molar-refractivity contribution in [1.29, 1.82) is 0 Å². The monoisotopic (exact) mass is 198 g/mol. The number of aliphatic carboxylic acids is 1. The van der Waals surface area contributed by atoms with Gasteiger partial charge in [0.1, 0.15) is 0 Å². The first-order valence-corrected chi connectivity index (χ1v) is 4.88. The van der Waals surface area contributed by atoms with E-state index < -0.39 is 12.3 Å². The summed E-state index contributed by atoms with van der Waals surface area (Å²) < 4.78 is 4.95. The summed E-state index contributed by atoms with van der Waals surface area (Å²) in [5.74, 6) is -0.684. The number of ether oxygens (including phenoxy) is 1. The van der Waals surface area contributed by atoms with E-state index in [9.17, 15) is 9.90 Å². The highest BCUT2D eigenvalue weighted by atomic mass is 16.6. The first-order chi connectivity index (χ1) is 6.61. The van der Waals surface area contributed by atoms with Gasteiger partial charge < -0.3 is 14.9 Å². The zero-order chi connectivity index (χ0) is 10.3. The van der Waals surface area contributed by atoms with E-state index in [1.807, 2.05) is 6.92 Å². The normalized spacial score (nSPS) is 41.1. The van der Waals surface area contributed by atoms with Crippen LogP contribution in [0.2, 0.25) is 0 Å². The van der Waals surface area contributed by atoms with Crippen LogP contribution in [0.25, 0.3) is 0 Å². The van der Waals surface area contributed by atoms with E-state index in [1.165, 1.54) is 6.26 Å². The van der Waals surface area contributed by atoms with E-state index in [0.717, 1.165) is 12.8 Å². The average molecular weight is 198 g/mol. The van der Waals surface area contributed by atoms with Crippen molar-refractivity contribution in [2.75, 3.05) is 0 Å². The van der Waals surface area contributed by atoms with Crippen LogP contribution in [0.15, 0.2) is 11.8 Å². The van der Waals surface area contributed by atoms with E-state index in [2.05, 4.69) is 0 Å². The molecule has 78 valence electrons. The second kappa shape index (κ2) is 3.28. The highest BCUT2D eigenvalue weighted by Crippen LogP contribution is 2.45. The molecule has 4 nitrogen and oxygen atoms in total. The lowest BCUT2D eigenvalue weighted by Gasteiger charge is -2.31. The lowest BCUT2D eigenvalue weighted by Crippen LogP contribution is -2.35. The maximum atomic E-state index is 10.9. The van der Waals surface area contributed by atoms with Crippen LogP contribution in [0.5, 0.6) is 0 Å². The van der Waals surface area contributed by atoms with Gasteiger partial charge in [-0.25, -0.2) is 4.79 Å². The summed E-state index contributed by atoms with van der Waals surface area (Å²) in [5.41, 5.74) is 0.310. The van der Waals surface area contributed by atoms with Gasteiger partial charge in [0.05, 0.1) is 11.8 Å². The van der Waals surface area contributed by atoms with Crippen LogP contribution in [0, 0.1) is 17.8 Å². The molecule has 2 aliphatic rings. The van der Waals surface area contributed by atoms with Gasteiger partial charge in [-0.15, -0.1) is 0 Å². The Morgan fingerprint density at radius 3 is 2.93 bits per heavy atom. The van der Waals surface area contributed by atoms with Crippen LogP contribution in [-0.2, 0) is 9.53 Å². The Hall–Kier alpha value is -1.03. The van der Waals surface area contributed by atoms with Crippen LogP contribution in [0.3, 0.4) is 0 Å². The summed E-state index contributed by atoms with van der Waals surface area (Å²) in [7, 11) is 0. The lowest BCUT2D eigenvalue weighted by atomic mass is 9.84. The van der Waals surface area contributed by atoms with Crippen molar-refractivity contribution in [1.82, 2.24) is 0 Å². The van der Waals surface area contributed by atoms with Crippen molar-refractivity contribution >= 4 is 5.97 Å². The Balaban J connectivity index is 2.28. The molecular formula is C10H14O4. The largest absolute Gasteiger partial charge is 0.478 e. The fraction of sp³-hybridized carbons (Fsp3) is 0.700. The van der Waals surface area contributed by atoms with Crippen molar-refractivity contribution in [3.8, 4) is 0 Å². The minimum Gasteiger partial charge on any atom is -0.478 e. The molecule has 0 radical (unpaired) electrons. The molecule has 3 unspecified atom stereocenters. The number of aliphatic hydroxyl groups is 1. The molecule has 2 N–H and O–H groups in total. The molecule has 0 aromatic heterocycles. The quantitative estimate of drug-likeness (QED) is 0.658. The first-order valence-electron chi connectivity index (χ1n) is 4.88. The van der Waals surface area contributed by atoms with Crippen LogP contribution in [0.1, 0.15) is 19.8 Å². The molecule has 0 amide bonds. The summed E-state index contributed by atoms with van der Waals surface area (Å²) >= 11 is 0. The standard InChI is InChI=1S/C10H14O4/c1-5-2-3-6-7(9(11)12)4-14-10(13)8(5)6/h4-6,8,10,13H,2-3H2,1H3,(H,11,12)/t5?,6?,8-,10?/m1/s1. The molecule has 0 aromatic carbocycles. The molecule has 0 aromatic rings. The molecule has 1 heterocycles. The number of carbonyl (C=O) groups is 1. The van der Waals surface area contributed by atoms with Crippen molar-refractivity contribution in [2.24, 2.45) is 17.8 Å². The van der Waals surface area contributed by atoms with Gasteiger partial charge in [0.2, 0.25) is 0 Å². The van der Waals surface area contributed by atoms with Crippen LogP contribution < -0.4 is 0 Å². The minimum atomic E-state index is -0.930. The van der Waals surface area contributed by atoms with E-state index in [-0.39, 0.29) is 11.8 Å². The second-order valence-electron chi connectivity index (χ2n) is 4.14. The van der Waals surface area contributed by atoms with Crippen LogP contribution in [0.4, 0.5) is 0 Å². The summed E-state index contributed by atoms with van der Waals surface area (Å²) in [6.07, 6.45) is 2.16. The van der Waals surface area contributed by atoms with Crippen molar-refractivity contribution in [3.05, 3.63) is 11.8 Å². The fourth-order valence-corrected chi connectivity index (χ4v) is 2.60. The van der Waals surface area contributed by atoms with Gasteiger partial charge in [-0.2, -0.15) is 0 Å². The highest BCUT2D eigenvalue weighted by Gasteiger charge is 2.45. The third-order valence-corrected chi connectivity index (χ3v) is 3.36. The molecule has 0 bridgehead atoms. The Kier molecular flexibility index (Phi) is 2.23. The van der Waals surface area contributed by atoms with Crippen LogP contribution >= 0.6 is 0 Å². The highest BCUT2D eigenvalue weighted by molar-refractivity contribution is 5.87. The third kappa shape index (κ3) is 1.30. The van der Waals surface area contributed by atoms with Crippen molar-refractivity contribution in [3.63, 3.8) is 0 Å². The number of hydrogen-bond acceptors (Lipinski definition) is 3. The molecule has 1 fully saturated rings. The molecule has 4 atom stereocenters. The number of fused-ring (bicyclic) bond motifs is 1. The minimum absolute atomic E-state index is 0.0359. The van der Waals surface area contributed by atoms with Gasteiger partial charge in [-0.1, -0.05) is 6.92 Å². The summed E-state index contributed by atoms with van der Waals surface area (Å²) in [4.78, 5) is 10.9.